The highest BCUT2D eigenvalue weighted by Gasteiger charge is 2.73. The number of phenolic OH excluding ortho intramolecular Hbond substituents is 1. The van der Waals surface area contributed by atoms with Gasteiger partial charge in [0.2, 0.25) is 5.91 Å². The van der Waals surface area contributed by atoms with Gasteiger partial charge in [-0.15, -0.1) is 0 Å². The van der Waals surface area contributed by atoms with Crippen molar-refractivity contribution in [3.05, 3.63) is 47.4 Å². The van der Waals surface area contributed by atoms with Crippen LogP contribution in [0.3, 0.4) is 0 Å². The number of phenols is 1. The van der Waals surface area contributed by atoms with Gasteiger partial charge in [-0.25, -0.2) is 0 Å². The summed E-state index contributed by atoms with van der Waals surface area (Å²) in [6.07, 6.45) is 9.47. The van der Waals surface area contributed by atoms with Crippen LogP contribution in [-0.4, -0.2) is 69.8 Å². The van der Waals surface area contributed by atoms with Crippen LogP contribution >= 0.6 is 0 Å². The van der Waals surface area contributed by atoms with E-state index in [1.54, 1.807) is 18.6 Å². The standard InChI is InChI=1S/C28H34N2O5/c1-29(23(32)7-4-18-9-13-34-16-18)20-8-10-28(33)22-14-19-5-6-21(31)25-24(19)27(28,26(20)35-25)11-12-30(22)15-17-2-3-17/h5-6,9,13,16-17,20,22,26,31,33H,2-4,7-8,10-12,14-15H2,1H3/t20-,22+,26-,27-,28+/m0/s1. The molecular formula is C28H34N2O5. The van der Waals surface area contributed by atoms with Crippen molar-refractivity contribution in [1.29, 1.82) is 0 Å². The molecule has 5 aliphatic rings. The van der Waals surface area contributed by atoms with Crippen LogP contribution in [-0.2, 0) is 23.1 Å². The smallest absolute Gasteiger partial charge is 0.223 e. The van der Waals surface area contributed by atoms with E-state index < -0.39 is 11.0 Å². The fraction of sp³-hybridized carbons (Fsp3) is 0.607. The van der Waals surface area contributed by atoms with Gasteiger partial charge in [0, 0.05) is 31.6 Å². The largest absolute Gasteiger partial charge is 0.504 e. The number of hydrogen-bond acceptors (Lipinski definition) is 6. The molecule has 7 heteroatoms. The van der Waals surface area contributed by atoms with Crippen LogP contribution in [0.1, 0.15) is 55.2 Å². The van der Waals surface area contributed by atoms with Crippen molar-refractivity contribution in [2.75, 3.05) is 20.1 Å². The zero-order chi connectivity index (χ0) is 23.9. The van der Waals surface area contributed by atoms with E-state index in [2.05, 4.69) is 4.90 Å². The van der Waals surface area contributed by atoms with Gasteiger partial charge in [0.05, 0.1) is 29.6 Å². The second-order valence-corrected chi connectivity index (χ2v) is 11.5. The molecule has 2 N–H and O–H groups in total. The van der Waals surface area contributed by atoms with Gasteiger partial charge in [-0.05, 0) is 80.7 Å². The number of furan rings is 1. The van der Waals surface area contributed by atoms with Crippen LogP contribution in [0, 0.1) is 5.92 Å². The fourth-order valence-corrected chi connectivity index (χ4v) is 7.90. The highest BCUT2D eigenvalue weighted by molar-refractivity contribution is 5.77. The van der Waals surface area contributed by atoms with E-state index in [1.807, 2.05) is 24.1 Å². The first-order chi connectivity index (χ1) is 16.9. The average Bonchev–Trinajstić information content (AvgIpc) is 3.36. The molecule has 3 aliphatic carbocycles. The molecular weight excluding hydrogens is 444 g/mol. The van der Waals surface area contributed by atoms with Crippen molar-refractivity contribution in [3.63, 3.8) is 0 Å². The Morgan fingerprint density at radius 3 is 2.86 bits per heavy atom. The Balaban J connectivity index is 1.25. The van der Waals surface area contributed by atoms with Gasteiger partial charge < -0.3 is 24.3 Å². The van der Waals surface area contributed by atoms with Gasteiger partial charge in [0.25, 0.3) is 0 Å². The van der Waals surface area contributed by atoms with E-state index in [-0.39, 0.29) is 29.8 Å². The molecule has 1 spiro atoms. The molecule has 7 nitrogen and oxygen atoms in total. The predicted molar refractivity (Wildman–Crippen MR) is 128 cm³/mol. The van der Waals surface area contributed by atoms with Gasteiger partial charge in [-0.3, -0.25) is 9.69 Å². The molecule has 0 unspecified atom stereocenters. The minimum atomic E-state index is -0.923. The molecule has 1 aromatic heterocycles. The molecule has 2 bridgehead atoms. The van der Waals surface area contributed by atoms with Gasteiger partial charge in [0.1, 0.15) is 6.10 Å². The Morgan fingerprint density at radius 1 is 1.23 bits per heavy atom. The Hall–Kier alpha value is -2.51. The number of aryl methyl sites for hydroxylation is 1. The molecule has 186 valence electrons. The van der Waals surface area contributed by atoms with Gasteiger partial charge >= 0.3 is 0 Å². The summed E-state index contributed by atoms with van der Waals surface area (Å²) in [5.41, 5.74) is 1.69. The zero-order valence-corrected chi connectivity index (χ0v) is 20.3. The summed E-state index contributed by atoms with van der Waals surface area (Å²) in [6.45, 7) is 1.98. The summed E-state index contributed by atoms with van der Waals surface area (Å²) in [5, 5.41) is 23.3. The minimum Gasteiger partial charge on any atom is -0.504 e. The number of rotatable bonds is 6. The number of aromatic hydroxyl groups is 1. The number of aliphatic hydroxyl groups is 1. The van der Waals surface area contributed by atoms with Crippen molar-refractivity contribution in [1.82, 2.24) is 9.80 Å². The molecule has 35 heavy (non-hydrogen) atoms. The van der Waals surface area contributed by atoms with Crippen LogP contribution < -0.4 is 4.74 Å². The number of amides is 1. The summed E-state index contributed by atoms with van der Waals surface area (Å²) in [6, 6.07) is 5.56. The quantitative estimate of drug-likeness (QED) is 0.664. The second kappa shape index (κ2) is 7.50. The monoisotopic (exact) mass is 478 g/mol. The molecule has 2 saturated carbocycles. The first kappa shape index (κ1) is 21.7. The number of nitrogens with zero attached hydrogens (tertiary/aromatic N) is 2. The van der Waals surface area contributed by atoms with Crippen molar-refractivity contribution in [3.8, 4) is 11.5 Å². The van der Waals surface area contributed by atoms with E-state index in [9.17, 15) is 15.0 Å². The van der Waals surface area contributed by atoms with Crippen LogP contribution in [0.25, 0.3) is 0 Å². The van der Waals surface area contributed by atoms with E-state index in [1.165, 1.54) is 18.4 Å². The number of carbonyl (C=O) groups excluding carboxylic acids is 1. The summed E-state index contributed by atoms with van der Waals surface area (Å²) >= 11 is 0. The summed E-state index contributed by atoms with van der Waals surface area (Å²) < 4.78 is 11.7. The maximum absolute atomic E-state index is 13.3. The number of likely N-dealkylation sites (N-methyl/N-ethyl adjacent to an activating group) is 1. The normalized spacial score (nSPS) is 34.9. The Labute approximate surface area is 205 Å². The topological polar surface area (TPSA) is 86.4 Å². The maximum atomic E-state index is 13.3. The number of carbonyl (C=O) groups is 1. The van der Waals surface area contributed by atoms with E-state index in [4.69, 9.17) is 9.15 Å². The molecule has 0 radical (unpaired) electrons. The van der Waals surface area contributed by atoms with Crippen molar-refractivity contribution < 1.29 is 24.2 Å². The van der Waals surface area contributed by atoms with Crippen molar-refractivity contribution in [2.45, 2.75) is 80.6 Å². The van der Waals surface area contributed by atoms with E-state index >= 15 is 0 Å². The third kappa shape index (κ3) is 2.94. The highest BCUT2D eigenvalue weighted by Crippen LogP contribution is 2.66. The number of piperidine rings is 1. The zero-order valence-electron chi connectivity index (χ0n) is 20.3. The van der Waals surface area contributed by atoms with E-state index in [0.717, 1.165) is 43.0 Å². The average molecular weight is 479 g/mol. The fourth-order valence-electron chi connectivity index (χ4n) is 7.90. The second-order valence-electron chi connectivity index (χ2n) is 11.5. The molecule has 3 fully saturated rings. The molecule has 1 aromatic carbocycles. The SMILES string of the molecule is CN(C(=O)CCc1ccoc1)[C@H]1CC[C@@]2(O)[C@H]3Cc4ccc(O)c5c4[C@@]2(CCN3CC2CC2)[C@H]1O5. The van der Waals surface area contributed by atoms with E-state index in [0.29, 0.717) is 31.4 Å². The first-order valence-corrected chi connectivity index (χ1v) is 13.2. The minimum absolute atomic E-state index is 0.0500. The lowest BCUT2D eigenvalue weighted by atomic mass is 9.48. The van der Waals surface area contributed by atoms with Crippen LogP contribution in [0.5, 0.6) is 11.5 Å². The maximum Gasteiger partial charge on any atom is 0.223 e. The van der Waals surface area contributed by atoms with Crippen LogP contribution in [0.4, 0.5) is 0 Å². The highest BCUT2D eigenvalue weighted by atomic mass is 16.5. The lowest BCUT2D eigenvalue weighted by Gasteiger charge is -2.64. The third-order valence-corrected chi connectivity index (χ3v) is 9.83. The number of likely N-dealkylation sites (tertiary alicyclic amines) is 1. The number of benzene rings is 1. The summed E-state index contributed by atoms with van der Waals surface area (Å²) in [4.78, 5) is 17.7. The van der Waals surface area contributed by atoms with Crippen molar-refractivity contribution >= 4 is 5.91 Å². The van der Waals surface area contributed by atoms with Crippen LogP contribution in [0.2, 0.25) is 0 Å². The van der Waals surface area contributed by atoms with Gasteiger partial charge in [0.15, 0.2) is 11.5 Å². The summed E-state index contributed by atoms with van der Waals surface area (Å²) in [7, 11) is 1.87. The predicted octanol–water partition coefficient (Wildman–Crippen LogP) is 3.01. The molecule has 2 aromatic rings. The van der Waals surface area contributed by atoms with Gasteiger partial charge in [-0.1, -0.05) is 6.07 Å². The molecule has 1 amide bonds. The van der Waals surface area contributed by atoms with Gasteiger partial charge in [-0.2, -0.15) is 0 Å². The van der Waals surface area contributed by atoms with Crippen molar-refractivity contribution in [2.24, 2.45) is 5.92 Å². The Bertz CT molecular complexity index is 1160. The number of ether oxygens (including phenoxy) is 1. The Morgan fingerprint density at radius 2 is 2.09 bits per heavy atom. The molecule has 3 heterocycles. The molecule has 7 rings (SSSR count). The molecule has 2 aliphatic heterocycles. The third-order valence-electron chi connectivity index (χ3n) is 9.83. The summed E-state index contributed by atoms with van der Waals surface area (Å²) in [5.74, 6) is 1.50. The number of hydrogen-bond donors (Lipinski definition) is 2. The van der Waals surface area contributed by atoms with Crippen LogP contribution in [0.15, 0.2) is 35.1 Å². The lowest BCUT2D eigenvalue weighted by Crippen LogP contribution is -2.78. The first-order valence-electron chi connectivity index (χ1n) is 13.2. The lowest BCUT2D eigenvalue weighted by molar-refractivity contribution is -0.200. The Kier molecular flexibility index (Phi) is 4.66. The molecule has 5 atom stereocenters. The molecule has 1 saturated heterocycles.